The second kappa shape index (κ2) is 3.40. The molecule has 0 nitrogen and oxygen atoms in total. The summed E-state index contributed by atoms with van der Waals surface area (Å²) < 4.78 is 0.858. The van der Waals surface area contributed by atoms with Crippen molar-refractivity contribution >= 4 is 34.5 Å². The van der Waals surface area contributed by atoms with E-state index in [9.17, 15) is 0 Å². The first kappa shape index (κ1) is 9.50. The Labute approximate surface area is 98.2 Å². The van der Waals surface area contributed by atoms with E-state index >= 15 is 0 Å². The highest BCUT2D eigenvalue weighted by Gasteiger charge is 2.55. The van der Waals surface area contributed by atoms with Gasteiger partial charge in [-0.3, -0.25) is 0 Å². The third-order valence-corrected chi connectivity index (χ3v) is 5.65. The van der Waals surface area contributed by atoms with E-state index in [0.717, 1.165) is 22.1 Å². The van der Waals surface area contributed by atoms with Gasteiger partial charge in [0.25, 0.3) is 0 Å². The predicted molar refractivity (Wildman–Crippen MR) is 62.2 cm³/mol. The number of thiophene rings is 1. The fourth-order valence-electron chi connectivity index (χ4n) is 2.98. The van der Waals surface area contributed by atoms with Crippen LogP contribution < -0.4 is 0 Å². The summed E-state index contributed by atoms with van der Waals surface area (Å²) in [6, 6.07) is 4.04. The third kappa shape index (κ3) is 1.41. The molecular formula is C11H12Cl2S. The molecule has 14 heavy (non-hydrogen) atoms. The molecule has 0 saturated heterocycles. The van der Waals surface area contributed by atoms with Gasteiger partial charge < -0.3 is 0 Å². The molecule has 2 fully saturated rings. The number of fused-ring (bicyclic) bond motifs is 1. The molecule has 3 heteroatoms. The highest BCUT2D eigenvalue weighted by Crippen LogP contribution is 2.64. The topological polar surface area (TPSA) is 0 Å². The molecule has 2 aliphatic carbocycles. The van der Waals surface area contributed by atoms with Crippen molar-refractivity contribution < 1.29 is 0 Å². The molecule has 0 bridgehead atoms. The Bertz CT molecular complexity index is 337. The summed E-state index contributed by atoms with van der Waals surface area (Å²) >= 11 is 14.0. The van der Waals surface area contributed by atoms with E-state index in [4.69, 9.17) is 23.2 Å². The second-order valence-electron chi connectivity index (χ2n) is 4.38. The largest absolute Gasteiger partial charge is 0.127 e. The molecule has 1 aromatic rings. The Morgan fingerprint density at radius 2 is 2.00 bits per heavy atom. The van der Waals surface area contributed by atoms with E-state index < -0.39 is 0 Å². The lowest BCUT2D eigenvalue weighted by atomic mass is 10.1. The summed E-state index contributed by atoms with van der Waals surface area (Å²) in [5.41, 5.74) is 0. The standard InChI is InChI=1S/C11H12Cl2S/c12-9-5-4-8(14-9)11(13)10-6-2-1-3-7(6)10/h4-7,10-11H,1-3H2. The van der Waals surface area contributed by atoms with Gasteiger partial charge in [0, 0.05) is 4.88 Å². The van der Waals surface area contributed by atoms with Crippen LogP contribution in [0.4, 0.5) is 0 Å². The van der Waals surface area contributed by atoms with Gasteiger partial charge in [-0.25, -0.2) is 0 Å². The van der Waals surface area contributed by atoms with Gasteiger partial charge >= 0.3 is 0 Å². The van der Waals surface area contributed by atoms with Crippen LogP contribution in [0, 0.1) is 17.8 Å². The van der Waals surface area contributed by atoms with Crippen LogP contribution in [0.5, 0.6) is 0 Å². The second-order valence-corrected chi connectivity index (χ2v) is 6.60. The van der Waals surface area contributed by atoms with Crippen LogP contribution in [0.15, 0.2) is 12.1 Å². The lowest BCUT2D eigenvalue weighted by molar-refractivity contribution is 0.577. The van der Waals surface area contributed by atoms with Gasteiger partial charge in [0.1, 0.15) is 0 Å². The molecule has 3 unspecified atom stereocenters. The first-order valence-corrected chi connectivity index (χ1v) is 6.80. The van der Waals surface area contributed by atoms with Crippen molar-refractivity contribution in [2.45, 2.75) is 24.6 Å². The van der Waals surface area contributed by atoms with E-state index in [1.54, 1.807) is 11.3 Å². The number of rotatable bonds is 2. The summed E-state index contributed by atoms with van der Waals surface area (Å²) in [5, 5.41) is 0.225. The van der Waals surface area contributed by atoms with Crippen LogP contribution >= 0.6 is 34.5 Å². The van der Waals surface area contributed by atoms with Crippen molar-refractivity contribution in [1.29, 1.82) is 0 Å². The molecule has 0 radical (unpaired) electrons. The van der Waals surface area contributed by atoms with E-state index in [1.807, 2.05) is 6.07 Å². The quantitative estimate of drug-likeness (QED) is 0.663. The van der Waals surface area contributed by atoms with Gasteiger partial charge in [-0.05, 0) is 42.7 Å². The molecule has 1 heterocycles. The molecule has 0 aliphatic heterocycles. The Kier molecular flexibility index (Phi) is 2.31. The molecule has 0 aromatic carbocycles. The predicted octanol–water partition coefficient (Wildman–Crippen LogP) is 4.73. The highest BCUT2D eigenvalue weighted by molar-refractivity contribution is 7.16. The first-order valence-electron chi connectivity index (χ1n) is 5.16. The van der Waals surface area contributed by atoms with Gasteiger partial charge in [-0.2, -0.15) is 0 Å². The Morgan fingerprint density at radius 3 is 2.57 bits per heavy atom. The van der Waals surface area contributed by atoms with Crippen LogP contribution in [-0.4, -0.2) is 0 Å². The normalized spacial score (nSPS) is 36.9. The van der Waals surface area contributed by atoms with E-state index in [2.05, 4.69) is 6.07 Å². The van der Waals surface area contributed by atoms with E-state index in [1.165, 1.54) is 24.1 Å². The fraction of sp³-hybridized carbons (Fsp3) is 0.636. The number of halogens is 2. The Hall–Kier alpha value is 0.280. The average Bonchev–Trinajstić information content (AvgIpc) is 2.56. The monoisotopic (exact) mass is 246 g/mol. The van der Waals surface area contributed by atoms with Crippen molar-refractivity contribution in [3.63, 3.8) is 0 Å². The van der Waals surface area contributed by atoms with Crippen molar-refractivity contribution in [2.24, 2.45) is 17.8 Å². The molecule has 0 amide bonds. The van der Waals surface area contributed by atoms with Crippen LogP contribution in [0.2, 0.25) is 4.34 Å². The molecule has 3 atom stereocenters. The molecule has 0 spiro atoms. The van der Waals surface area contributed by atoms with Gasteiger partial charge in [0.15, 0.2) is 0 Å². The minimum absolute atomic E-state index is 0.225. The summed E-state index contributed by atoms with van der Waals surface area (Å²) in [7, 11) is 0. The van der Waals surface area contributed by atoms with E-state index in [0.29, 0.717) is 0 Å². The molecule has 2 saturated carbocycles. The van der Waals surface area contributed by atoms with Gasteiger partial charge in [0.05, 0.1) is 9.71 Å². The maximum atomic E-state index is 6.47. The lowest BCUT2D eigenvalue weighted by Gasteiger charge is -2.08. The minimum Gasteiger partial charge on any atom is -0.127 e. The molecule has 1 aromatic heterocycles. The van der Waals surface area contributed by atoms with Gasteiger partial charge in [-0.15, -0.1) is 22.9 Å². The van der Waals surface area contributed by atoms with Crippen LogP contribution in [0.3, 0.4) is 0 Å². The van der Waals surface area contributed by atoms with E-state index in [-0.39, 0.29) is 5.38 Å². The number of alkyl halides is 1. The van der Waals surface area contributed by atoms with Crippen molar-refractivity contribution in [2.75, 3.05) is 0 Å². The summed E-state index contributed by atoms with van der Waals surface area (Å²) in [6.45, 7) is 0. The first-order chi connectivity index (χ1) is 6.77. The molecule has 0 N–H and O–H groups in total. The lowest BCUT2D eigenvalue weighted by Crippen LogP contribution is -1.95. The molecule has 3 rings (SSSR count). The summed E-state index contributed by atoms with van der Waals surface area (Å²) in [4.78, 5) is 1.26. The number of hydrogen-bond donors (Lipinski definition) is 0. The van der Waals surface area contributed by atoms with Crippen LogP contribution in [0.1, 0.15) is 29.5 Å². The summed E-state index contributed by atoms with van der Waals surface area (Å²) in [5.74, 6) is 2.61. The van der Waals surface area contributed by atoms with Gasteiger partial charge in [0.2, 0.25) is 0 Å². The zero-order valence-electron chi connectivity index (χ0n) is 7.75. The molecular weight excluding hydrogens is 235 g/mol. The van der Waals surface area contributed by atoms with Crippen LogP contribution in [-0.2, 0) is 0 Å². The maximum Gasteiger partial charge on any atom is 0.0931 e. The zero-order valence-corrected chi connectivity index (χ0v) is 10.1. The number of hydrogen-bond acceptors (Lipinski definition) is 1. The van der Waals surface area contributed by atoms with Gasteiger partial charge in [-0.1, -0.05) is 18.0 Å². The molecule has 2 aliphatic rings. The van der Waals surface area contributed by atoms with Crippen molar-refractivity contribution in [3.05, 3.63) is 21.3 Å². The van der Waals surface area contributed by atoms with Crippen molar-refractivity contribution in [3.8, 4) is 0 Å². The zero-order chi connectivity index (χ0) is 9.71. The highest BCUT2D eigenvalue weighted by atomic mass is 35.5. The maximum absolute atomic E-state index is 6.47. The Balaban J connectivity index is 1.75. The smallest absolute Gasteiger partial charge is 0.0931 e. The Morgan fingerprint density at radius 1 is 1.29 bits per heavy atom. The average molecular weight is 247 g/mol. The summed E-state index contributed by atoms with van der Waals surface area (Å²) in [6.07, 6.45) is 4.22. The SMILES string of the molecule is Clc1ccc(C(Cl)C2C3CCCC32)s1. The third-order valence-electron chi connectivity index (χ3n) is 3.68. The van der Waals surface area contributed by atoms with Crippen LogP contribution in [0.25, 0.3) is 0 Å². The molecule has 76 valence electrons. The van der Waals surface area contributed by atoms with Crippen molar-refractivity contribution in [1.82, 2.24) is 0 Å². The fourth-order valence-corrected chi connectivity index (χ4v) is 4.65. The minimum atomic E-state index is 0.225.